The van der Waals surface area contributed by atoms with Crippen LogP contribution >= 0.6 is 0 Å². The lowest BCUT2D eigenvalue weighted by molar-refractivity contribution is 0.0724. The Morgan fingerprint density at radius 1 is 0.656 bits per heavy atom. The Hall–Kier alpha value is -4.18. The maximum Gasteiger partial charge on any atom is 0.343 e. The van der Waals surface area contributed by atoms with Gasteiger partial charge in [0.2, 0.25) is 0 Å². The number of ether oxygens (including phenoxy) is 2. The molecule has 0 spiro atoms. The van der Waals surface area contributed by atoms with Crippen molar-refractivity contribution in [2.45, 2.75) is 13.3 Å². The van der Waals surface area contributed by atoms with Crippen LogP contribution in [0.15, 0.2) is 103 Å². The normalized spacial score (nSPS) is 10.4. The molecule has 0 aliphatic carbocycles. The van der Waals surface area contributed by atoms with E-state index in [1.807, 2.05) is 55.5 Å². The summed E-state index contributed by atoms with van der Waals surface area (Å²) in [5, 5.41) is 0. The van der Waals surface area contributed by atoms with Gasteiger partial charge in [0.1, 0.15) is 11.5 Å². The molecular weight excluding hydrogens is 400 g/mol. The maximum absolute atomic E-state index is 12.5. The fourth-order valence-corrected chi connectivity index (χ4v) is 3.36. The Bertz CT molecular complexity index is 1230. The molecule has 4 aromatic rings. The highest BCUT2D eigenvalue weighted by Crippen LogP contribution is 2.26. The van der Waals surface area contributed by atoms with Gasteiger partial charge in [-0.1, -0.05) is 66.2 Å². The summed E-state index contributed by atoms with van der Waals surface area (Å²) in [6.07, 6.45) is 0.524. The van der Waals surface area contributed by atoms with Crippen molar-refractivity contribution in [1.82, 2.24) is 0 Å². The molecule has 0 fully saturated rings. The van der Waals surface area contributed by atoms with Crippen molar-refractivity contribution >= 4 is 11.9 Å². The van der Waals surface area contributed by atoms with Gasteiger partial charge in [0, 0.05) is 6.42 Å². The third-order valence-corrected chi connectivity index (χ3v) is 4.94. The van der Waals surface area contributed by atoms with E-state index in [9.17, 15) is 9.59 Å². The molecule has 4 rings (SSSR count). The van der Waals surface area contributed by atoms with Gasteiger partial charge in [-0.15, -0.1) is 0 Å². The van der Waals surface area contributed by atoms with Crippen LogP contribution in [-0.2, 0) is 6.42 Å². The zero-order valence-corrected chi connectivity index (χ0v) is 17.7. The van der Waals surface area contributed by atoms with Crippen LogP contribution in [0.3, 0.4) is 0 Å². The minimum absolute atomic E-state index is 0.402. The average Bonchev–Trinajstić information content (AvgIpc) is 2.82. The summed E-state index contributed by atoms with van der Waals surface area (Å²) >= 11 is 0. The summed E-state index contributed by atoms with van der Waals surface area (Å²) in [5.74, 6) is 0.167. The van der Waals surface area contributed by atoms with Gasteiger partial charge in [-0.2, -0.15) is 0 Å². The lowest BCUT2D eigenvalue weighted by Gasteiger charge is -2.12. The van der Waals surface area contributed by atoms with Gasteiger partial charge >= 0.3 is 11.9 Å². The monoisotopic (exact) mass is 422 g/mol. The Morgan fingerprint density at radius 3 is 1.94 bits per heavy atom. The molecule has 0 heterocycles. The highest BCUT2D eigenvalue weighted by atomic mass is 16.5. The first-order chi connectivity index (χ1) is 15.6. The van der Waals surface area contributed by atoms with Crippen LogP contribution in [0.1, 0.15) is 37.4 Å². The standard InChI is InChI=1S/C28H22O4/c1-20-15-16-26(32-28(30)23-12-6-3-7-13-23)24(17-20)18-21-9-8-14-25(19-21)31-27(29)22-10-4-2-5-11-22/h2-17,19H,18H2,1H3. The Balaban J connectivity index is 1.53. The molecule has 0 aliphatic rings. The van der Waals surface area contributed by atoms with Crippen molar-refractivity contribution in [1.29, 1.82) is 0 Å². The average molecular weight is 422 g/mol. The van der Waals surface area contributed by atoms with Gasteiger partial charge in [0.15, 0.2) is 0 Å². The summed E-state index contributed by atoms with van der Waals surface area (Å²) in [6.45, 7) is 1.99. The van der Waals surface area contributed by atoms with Crippen LogP contribution < -0.4 is 9.47 Å². The first-order valence-corrected chi connectivity index (χ1v) is 10.3. The fraction of sp³-hybridized carbons (Fsp3) is 0.0714. The quantitative estimate of drug-likeness (QED) is 0.281. The van der Waals surface area contributed by atoms with Crippen LogP contribution in [-0.4, -0.2) is 11.9 Å². The summed E-state index contributed by atoms with van der Waals surface area (Å²) in [6, 6.07) is 30.8. The van der Waals surface area contributed by atoms with Gasteiger partial charge < -0.3 is 9.47 Å². The SMILES string of the molecule is Cc1ccc(OC(=O)c2ccccc2)c(Cc2cccc(OC(=O)c3ccccc3)c2)c1. The molecule has 0 unspecified atom stereocenters. The lowest BCUT2D eigenvalue weighted by atomic mass is 10.0. The first-order valence-electron chi connectivity index (χ1n) is 10.3. The number of aryl methyl sites for hydroxylation is 1. The molecule has 158 valence electrons. The van der Waals surface area contributed by atoms with Gasteiger partial charge in [0.25, 0.3) is 0 Å². The third kappa shape index (κ3) is 5.29. The van der Waals surface area contributed by atoms with Crippen molar-refractivity contribution in [3.63, 3.8) is 0 Å². The number of carbonyl (C=O) groups excluding carboxylic acids is 2. The second-order valence-electron chi connectivity index (χ2n) is 7.45. The Labute approximate surface area is 187 Å². The molecule has 0 aliphatic heterocycles. The Kier molecular flexibility index (Phi) is 6.42. The minimum atomic E-state index is -0.407. The zero-order chi connectivity index (χ0) is 22.3. The van der Waals surface area contributed by atoms with Crippen LogP contribution in [0.2, 0.25) is 0 Å². The van der Waals surface area contributed by atoms with Crippen molar-refractivity contribution in [2.24, 2.45) is 0 Å². The van der Waals surface area contributed by atoms with E-state index in [2.05, 4.69) is 0 Å². The van der Waals surface area contributed by atoms with E-state index in [1.165, 1.54) is 0 Å². The lowest BCUT2D eigenvalue weighted by Crippen LogP contribution is -2.10. The second kappa shape index (κ2) is 9.75. The molecule has 0 radical (unpaired) electrons. The molecule has 4 aromatic carbocycles. The fourth-order valence-electron chi connectivity index (χ4n) is 3.36. The van der Waals surface area contributed by atoms with E-state index in [1.54, 1.807) is 54.6 Å². The van der Waals surface area contributed by atoms with Crippen molar-refractivity contribution in [3.05, 3.63) is 131 Å². The molecule has 4 heteroatoms. The van der Waals surface area contributed by atoms with Gasteiger partial charge in [0.05, 0.1) is 11.1 Å². The number of hydrogen-bond acceptors (Lipinski definition) is 4. The number of esters is 2. The van der Waals surface area contributed by atoms with Crippen LogP contribution in [0.25, 0.3) is 0 Å². The number of hydrogen-bond donors (Lipinski definition) is 0. The second-order valence-corrected chi connectivity index (χ2v) is 7.45. The summed E-state index contributed by atoms with van der Waals surface area (Å²) in [5.41, 5.74) is 3.86. The number of carbonyl (C=O) groups is 2. The molecular formula is C28H22O4. The zero-order valence-electron chi connectivity index (χ0n) is 17.7. The molecule has 0 N–H and O–H groups in total. The predicted molar refractivity (Wildman–Crippen MR) is 123 cm³/mol. The van der Waals surface area contributed by atoms with Gasteiger partial charge in [-0.25, -0.2) is 9.59 Å². The maximum atomic E-state index is 12.5. The topological polar surface area (TPSA) is 52.6 Å². The molecule has 0 amide bonds. The summed E-state index contributed by atoms with van der Waals surface area (Å²) in [7, 11) is 0. The molecule has 32 heavy (non-hydrogen) atoms. The molecule has 0 saturated heterocycles. The van der Waals surface area contributed by atoms with E-state index in [4.69, 9.17) is 9.47 Å². The van der Waals surface area contributed by atoms with Crippen LogP contribution in [0.4, 0.5) is 0 Å². The molecule has 4 nitrogen and oxygen atoms in total. The summed E-state index contributed by atoms with van der Waals surface area (Å²) < 4.78 is 11.2. The molecule has 0 bridgehead atoms. The van der Waals surface area contributed by atoms with Crippen molar-refractivity contribution < 1.29 is 19.1 Å². The van der Waals surface area contributed by atoms with E-state index in [-0.39, 0.29) is 0 Å². The Morgan fingerprint density at radius 2 is 1.28 bits per heavy atom. The largest absolute Gasteiger partial charge is 0.423 e. The van der Waals surface area contributed by atoms with Crippen molar-refractivity contribution in [3.8, 4) is 11.5 Å². The van der Waals surface area contributed by atoms with E-state index >= 15 is 0 Å². The van der Waals surface area contributed by atoms with Gasteiger partial charge in [-0.05, 0) is 60.5 Å². The van der Waals surface area contributed by atoms with Crippen LogP contribution in [0, 0.1) is 6.92 Å². The number of benzene rings is 4. The third-order valence-electron chi connectivity index (χ3n) is 4.94. The smallest absolute Gasteiger partial charge is 0.343 e. The number of rotatable bonds is 6. The highest BCUT2D eigenvalue weighted by molar-refractivity contribution is 5.91. The summed E-state index contributed by atoms with van der Waals surface area (Å²) in [4.78, 5) is 24.9. The van der Waals surface area contributed by atoms with E-state index in [0.29, 0.717) is 29.0 Å². The van der Waals surface area contributed by atoms with Gasteiger partial charge in [-0.3, -0.25) is 0 Å². The van der Waals surface area contributed by atoms with Crippen molar-refractivity contribution in [2.75, 3.05) is 0 Å². The molecule has 0 atom stereocenters. The first kappa shape index (κ1) is 21.1. The van der Waals surface area contributed by atoms with E-state index in [0.717, 1.165) is 16.7 Å². The van der Waals surface area contributed by atoms with Crippen LogP contribution in [0.5, 0.6) is 11.5 Å². The highest BCUT2D eigenvalue weighted by Gasteiger charge is 2.13. The predicted octanol–water partition coefficient (Wildman–Crippen LogP) is 6.02. The molecule has 0 aromatic heterocycles. The van der Waals surface area contributed by atoms with E-state index < -0.39 is 11.9 Å². The minimum Gasteiger partial charge on any atom is -0.423 e. The molecule has 0 saturated carbocycles.